The summed E-state index contributed by atoms with van der Waals surface area (Å²) in [5.41, 5.74) is 1.11. The fourth-order valence-electron chi connectivity index (χ4n) is 2.43. The lowest BCUT2D eigenvalue weighted by Crippen LogP contribution is -2.33. The predicted molar refractivity (Wildman–Crippen MR) is 67.4 cm³/mol. The fraction of sp³-hybridized carbons (Fsp3) is 0.571. The van der Waals surface area contributed by atoms with Crippen LogP contribution in [0.2, 0.25) is 0 Å². The van der Waals surface area contributed by atoms with E-state index in [1.807, 2.05) is 19.1 Å². The van der Waals surface area contributed by atoms with Crippen LogP contribution >= 0.6 is 0 Å². The Morgan fingerprint density at radius 3 is 2.59 bits per heavy atom. The van der Waals surface area contributed by atoms with Crippen LogP contribution < -0.4 is 5.32 Å². The first kappa shape index (κ1) is 12.1. The van der Waals surface area contributed by atoms with Gasteiger partial charge in [-0.15, -0.1) is 0 Å². The van der Waals surface area contributed by atoms with E-state index in [1.54, 1.807) is 12.4 Å². The van der Waals surface area contributed by atoms with E-state index in [0.29, 0.717) is 0 Å². The molecule has 0 aromatic carbocycles. The summed E-state index contributed by atoms with van der Waals surface area (Å²) in [7, 11) is 0. The van der Waals surface area contributed by atoms with Crippen LogP contribution in [0.3, 0.4) is 0 Å². The number of rotatable bonds is 3. The van der Waals surface area contributed by atoms with Crippen molar-refractivity contribution in [3.8, 4) is 0 Å². The lowest BCUT2D eigenvalue weighted by atomic mass is 9.88. The molecule has 1 atom stereocenters. The van der Waals surface area contributed by atoms with Crippen molar-refractivity contribution in [2.24, 2.45) is 5.92 Å². The van der Waals surface area contributed by atoms with Gasteiger partial charge in [0.2, 0.25) is 5.91 Å². The predicted octanol–water partition coefficient (Wildman–Crippen LogP) is 2.84. The van der Waals surface area contributed by atoms with E-state index in [2.05, 4.69) is 10.3 Å². The van der Waals surface area contributed by atoms with Crippen LogP contribution in [0.15, 0.2) is 24.5 Å². The van der Waals surface area contributed by atoms with Crippen molar-refractivity contribution in [3.05, 3.63) is 30.1 Å². The Morgan fingerprint density at radius 2 is 1.94 bits per heavy atom. The number of nitrogens with one attached hydrogen (secondary N) is 1. The first-order valence-electron chi connectivity index (χ1n) is 6.47. The quantitative estimate of drug-likeness (QED) is 0.870. The van der Waals surface area contributed by atoms with Crippen LogP contribution in [-0.2, 0) is 4.79 Å². The lowest BCUT2D eigenvalue weighted by Gasteiger charge is -2.23. The largest absolute Gasteiger partial charge is 0.349 e. The van der Waals surface area contributed by atoms with Gasteiger partial charge >= 0.3 is 0 Å². The molecule has 2 rings (SSSR count). The molecular weight excluding hydrogens is 212 g/mol. The van der Waals surface area contributed by atoms with Crippen molar-refractivity contribution >= 4 is 5.91 Å². The molecular formula is C14H20N2O. The SMILES string of the molecule is CC(NC(=O)C1CCCCC1)c1ccncc1. The number of amides is 1. The molecule has 1 N–H and O–H groups in total. The number of pyridine rings is 1. The number of carbonyl (C=O) groups is 1. The number of hydrogen-bond donors (Lipinski definition) is 1. The highest BCUT2D eigenvalue weighted by Gasteiger charge is 2.22. The molecule has 0 aliphatic heterocycles. The summed E-state index contributed by atoms with van der Waals surface area (Å²) in [4.78, 5) is 16.0. The lowest BCUT2D eigenvalue weighted by molar-refractivity contribution is -0.126. The summed E-state index contributed by atoms with van der Waals surface area (Å²) in [5, 5.41) is 3.10. The second-order valence-electron chi connectivity index (χ2n) is 4.85. The van der Waals surface area contributed by atoms with Crippen molar-refractivity contribution in [1.29, 1.82) is 0 Å². The highest BCUT2D eigenvalue weighted by Crippen LogP contribution is 2.24. The van der Waals surface area contributed by atoms with Gasteiger partial charge in [-0.3, -0.25) is 9.78 Å². The van der Waals surface area contributed by atoms with Gasteiger partial charge < -0.3 is 5.32 Å². The minimum Gasteiger partial charge on any atom is -0.349 e. The summed E-state index contributed by atoms with van der Waals surface area (Å²) in [6, 6.07) is 3.98. The molecule has 1 aromatic rings. The summed E-state index contributed by atoms with van der Waals surface area (Å²) in [5.74, 6) is 0.446. The maximum Gasteiger partial charge on any atom is 0.223 e. The molecule has 1 fully saturated rings. The molecule has 0 bridgehead atoms. The van der Waals surface area contributed by atoms with Crippen LogP contribution in [0.5, 0.6) is 0 Å². The second-order valence-corrected chi connectivity index (χ2v) is 4.85. The van der Waals surface area contributed by atoms with Crippen molar-refractivity contribution in [3.63, 3.8) is 0 Å². The zero-order chi connectivity index (χ0) is 12.1. The molecule has 3 nitrogen and oxygen atoms in total. The molecule has 1 amide bonds. The third kappa shape index (κ3) is 3.29. The Hall–Kier alpha value is -1.38. The molecule has 0 spiro atoms. The summed E-state index contributed by atoms with van der Waals surface area (Å²) in [6.45, 7) is 2.02. The van der Waals surface area contributed by atoms with Crippen LogP contribution in [0.1, 0.15) is 50.6 Å². The molecule has 0 saturated heterocycles. The summed E-state index contributed by atoms with van der Waals surface area (Å²) in [6.07, 6.45) is 9.30. The van der Waals surface area contributed by atoms with Gasteiger partial charge in [-0.05, 0) is 37.5 Å². The van der Waals surface area contributed by atoms with Crippen molar-refractivity contribution in [2.45, 2.75) is 45.1 Å². The Labute approximate surface area is 103 Å². The molecule has 17 heavy (non-hydrogen) atoms. The average molecular weight is 232 g/mol. The van der Waals surface area contributed by atoms with E-state index < -0.39 is 0 Å². The zero-order valence-electron chi connectivity index (χ0n) is 10.4. The first-order chi connectivity index (χ1) is 8.27. The zero-order valence-corrected chi connectivity index (χ0v) is 10.4. The van der Waals surface area contributed by atoms with Gasteiger partial charge in [0.1, 0.15) is 0 Å². The van der Waals surface area contributed by atoms with Gasteiger partial charge in [-0.25, -0.2) is 0 Å². The van der Waals surface area contributed by atoms with Gasteiger partial charge in [0.05, 0.1) is 6.04 Å². The molecule has 1 aliphatic carbocycles. The number of nitrogens with zero attached hydrogens (tertiary/aromatic N) is 1. The highest BCUT2D eigenvalue weighted by molar-refractivity contribution is 5.79. The van der Waals surface area contributed by atoms with Gasteiger partial charge in [-0.1, -0.05) is 19.3 Å². The molecule has 3 heteroatoms. The van der Waals surface area contributed by atoms with Crippen LogP contribution in [0.4, 0.5) is 0 Å². The third-order valence-corrected chi connectivity index (χ3v) is 3.54. The van der Waals surface area contributed by atoms with E-state index in [4.69, 9.17) is 0 Å². The standard InChI is InChI=1S/C14H20N2O/c1-11(12-7-9-15-10-8-12)16-14(17)13-5-3-2-4-6-13/h7-11,13H,2-6H2,1H3,(H,16,17). The van der Waals surface area contributed by atoms with E-state index in [0.717, 1.165) is 18.4 Å². The van der Waals surface area contributed by atoms with Crippen molar-refractivity contribution in [1.82, 2.24) is 10.3 Å². The Morgan fingerprint density at radius 1 is 1.29 bits per heavy atom. The molecule has 0 radical (unpaired) electrons. The Balaban J connectivity index is 1.89. The van der Waals surface area contributed by atoms with Gasteiger partial charge in [0.15, 0.2) is 0 Å². The second kappa shape index (κ2) is 5.80. The number of carbonyl (C=O) groups excluding carboxylic acids is 1. The van der Waals surface area contributed by atoms with E-state index in [1.165, 1.54) is 19.3 Å². The average Bonchev–Trinajstić information content (AvgIpc) is 2.40. The van der Waals surface area contributed by atoms with Gasteiger partial charge in [0, 0.05) is 18.3 Å². The van der Waals surface area contributed by atoms with Gasteiger partial charge in [0.25, 0.3) is 0 Å². The van der Waals surface area contributed by atoms with Crippen LogP contribution in [0, 0.1) is 5.92 Å². The Bertz CT molecular complexity index is 358. The Kier molecular flexibility index (Phi) is 4.13. The van der Waals surface area contributed by atoms with Crippen LogP contribution in [0.25, 0.3) is 0 Å². The molecule has 1 unspecified atom stereocenters. The monoisotopic (exact) mass is 232 g/mol. The van der Waals surface area contributed by atoms with E-state index >= 15 is 0 Å². The normalized spacial score (nSPS) is 18.6. The maximum absolute atomic E-state index is 12.1. The minimum absolute atomic E-state index is 0.0763. The topological polar surface area (TPSA) is 42.0 Å². The summed E-state index contributed by atoms with van der Waals surface area (Å²) < 4.78 is 0. The number of hydrogen-bond acceptors (Lipinski definition) is 2. The highest BCUT2D eigenvalue weighted by atomic mass is 16.1. The molecule has 1 aromatic heterocycles. The number of aromatic nitrogens is 1. The smallest absolute Gasteiger partial charge is 0.223 e. The summed E-state index contributed by atoms with van der Waals surface area (Å²) >= 11 is 0. The van der Waals surface area contributed by atoms with E-state index in [9.17, 15) is 4.79 Å². The fourth-order valence-corrected chi connectivity index (χ4v) is 2.43. The molecule has 1 heterocycles. The maximum atomic E-state index is 12.1. The van der Waals surface area contributed by atoms with Crippen molar-refractivity contribution in [2.75, 3.05) is 0 Å². The molecule has 1 aliphatic rings. The van der Waals surface area contributed by atoms with Crippen LogP contribution in [-0.4, -0.2) is 10.9 Å². The third-order valence-electron chi connectivity index (χ3n) is 3.54. The minimum atomic E-state index is 0.0763. The molecule has 1 saturated carbocycles. The van der Waals surface area contributed by atoms with E-state index in [-0.39, 0.29) is 17.9 Å². The first-order valence-corrected chi connectivity index (χ1v) is 6.47. The molecule has 92 valence electrons. The van der Waals surface area contributed by atoms with Crippen molar-refractivity contribution < 1.29 is 4.79 Å². The van der Waals surface area contributed by atoms with Gasteiger partial charge in [-0.2, -0.15) is 0 Å².